The number of allylic oxidation sites excluding steroid dienone is 4. The third-order valence-electron chi connectivity index (χ3n) is 9.41. The molecule has 0 spiro atoms. The number of hydrogen-bond acceptors (Lipinski definition) is 2. The van der Waals surface area contributed by atoms with Crippen LogP contribution >= 0.6 is 7.26 Å². The molecule has 0 N–H and O–H groups in total. The Balaban J connectivity index is 1.28. The Labute approximate surface area is 261 Å². The predicted octanol–water partition coefficient (Wildman–Crippen LogP) is 9.20. The van der Waals surface area contributed by atoms with Gasteiger partial charge < -0.3 is 0 Å². The Bertz CT molecular complexity index is 1290. The van der Waals surface area contributed by atoms with Gasteiger partial charge in [-0.3, -0.25) is 9.59 Å². The van der Waals surface area contributed by atoms with Gasteiger partial charge in [0, 0.05) is 11.1 Å². The van der Waals surface area contributed by atoms with Crippen molar-refractivity contribution in [3.8, 4) is 0 Å². The summed E-state index contributed by atoms with van der Waals surface area (Å²) < 4.78 is 0. The number of benzene rings is 3. The van der Waals surface area contributed by atoms with E-state index < -0.39 is 7.26 Å². The van der Waals surface area contributed by atoms with Crippen LogP contribution in [0.15, 0.2) is 113 Å². The molecule has 0 amide bonds. The summed E-state index contributed by atoms with van der Waals surface area (Å²) in [6, 6.07) is 33.7. The smallest absolute Gasteiger partial charge is 0.289 e. The van der Waals surface area contributed by atoms with E-state index >= 15 is 0 Å². The summed E-state index contributed by atoms with van der Waals surface area (Å²) in [6.07, 6.45) is 13.5. The summed E-state index contributed by atoms with van der Waals surface area (Å²) in [6.45, 7) is 6.00. The van der Waals surface area contributed by atoms with E-state index in [2.05, 4.69) is 91.0 Å². The van der Waals surface area contributed by atoms with Crippen LogP contribution in [0.5, 0.6) is 0 Å². The van der Waals surface area contributed by atoms with Crippen LogP contribution in [-0.2, 0) is 9.59 Å². The fourth-order valence-corrected chi connectivity index (χ4v) is 12.1. The maximum absolute atomic E-state index is 13.2. The maximum atomic E-state index is 13.2. The molecule has 0 unspecified atom stereocenters. The summed E-state index contributed by atoms with van der Waals surface area (Å²) >= 11 is 0. The van der Waals surface area contributed by atoms with Gasteiger partial charge >= 0.3 is 195 Å². The van der Waals surface area contributed by atoms with Gasteiger partial charge in [0.05, 0.1) is 0 Å². The second kappa shape index (κ2) is 16.7. The van der Waals surface area contributed by atoms with Crippen molar-refractivity contribution < 1.29 is 9.59 Å². The quantitative estimate of drug-likeness (QED) is 0.0887. The van der Waals surface area contributed by atoms with Crippen molar-refractivity contribution in [3.05, 3.63) is 113 Å². The van der Waals surface area contributed by atoms with E-state index in [9.17, 15) is 9.59 Å². The minimum Gasteiger partial charge on any atom is -0.289 e. The molecule has 0 saturated carbocycles. The van der Waals surface area contributed by atoms with Gasteiger partial charge in [0.15, 0.2) is 5.78 Å². The molecule has 1 aliphatic rings. The second-order valence-electron chi connectivity index (χ2n) is 12.0. The van der Waals surface area contributed by atoms with Crippen molar-refractivity contribution in [2.75, 3.05) is 6.16 Å². The third-order valence-corrected chi connectivity index (χ3v) is 14.5. The van der Waals surface area contributed by atoms with Crippen LogP contribution in [0.25, 0.3) is 0 Å². The first kappa shape index (κ1) is 32.8. The SMILES string of the molecule is CCC1=C(CC)C(=O)C(CCCCCCCCCC[PH](c2ccccc2)(c2ccccc2)c2ccccc2)=C(CC)C1=O. The van der Waals surface area contributed by atoms with Crippen LogP contribution in [0, 0.1) is 0 Å². The molecule has 3 aromatic rings. The summed E-state index contributed by atoms with van der Waals surface area (Å²) in [4.78, 5) is 26.2. The number of hydrogen-bond donors (Lipinski definition) is 0. The Morgan fingerprint density at radius 2 is 0.744 bits per heavy atom. The zero-order valence-corrected chi connectivity index (χ0v) is 27.7. The Morgan fingerprint density at radius 3 is 1.14 bits per heavy atom. The number of Topliss-reactive ketones (excluding diaryl/α,β-unsaturated/α-hetero) is 2. The third kappa shape index (κ3) is 7.71. The zero-order chi connectivity index (χ0) is 30.5. The molecule has 0 saturated heterocycles. The summed E-state index contributed by atoms with van der Waals surface area (Å²) in [7, 11) is -2.12. The number of carbonyl (C=O) groups excluding carboxylic acids is 2. The molecule has 0 fully saturated rings. The topological polar surface area (TPSA) is 34.1 Å². The van der Waals surface area contributed by atoms with Gasteiger partial charge in [0.25, 0.3) is 0 Å². The van der Waals surface area contributed by atoms with E-state index in [1.807, 2.05) is 20.8 Å². The predicted molar refractivity (Wildman–Crippen MR) is 188 cm³/mol. The molecular weight excluding hydrogens is 543 g/mol. The minimum atomic E-state index is -2.12. The molecule has 4 rings (SSSR count). The zero-order valence-electron chi connectivity index (χ0n) is 26.7. The van der Waals surface area contributed by atoms with Crippen molar-refractivity contribution in [2.24, 2.45) is 0 Å². The minimum absolute atomic E-state index is 0.135. The Morgan fingerprint density at radius 1 is 0.419 bits per heavy atom. The number of ketones is 2. The van der Waals surface area contributed by atoms with Gasteiger partial charge in [-0.1, -0.05) is 20.8 Å². The van der Waals surface area contributed by atoms with E-state index in [-0.39, 0.29) is 11.6 Å². The van der Waals surface area contributed by atoms with Gasteiger partial charge in [-0.15, -0.1) is 0 Å². The normalized spacial score (nSPS) is 14.5. The van der Waals surface area contributed by atoms with Crippen LogP contribution in [-0.4, -0.2) is 17.7 Å². The number of unbranched alkanes of at least 4 members (excludes halogenated alkanes) is 7. The molecule has 43 heavy (non-hydrogen) atoms. The molecule has 228 valence electrons. The number of carbonyl (C=O) groups is 2. The molecule has 0 atom stereocenters. The second-order valence-corrected chi connectivity index (χ2v) is 16.0. The molecule has 0 heterocycles. The van der Waals surface area contributed by atoms with E-state index in [0.29, 0.717) is 19.3 Å². The molecule has 0 radical (unpaired) electrons. The van der Waals surface area contributed by atoms with Gasteiger partial charge in [-0.05, 0) is 19.3 Å². The van der Waals surface area contributed by atoms with Crippen LogP contribution in [0.3, 0.4) is 0 Å². The average Bonchev–Trinajstić information content (AvgIpc) is 3.06. The van der Waals surface area contributed by atoms with Crippen molar-refractivity contribution in [1.29, 1.82) is 0 Å². The summed E-state index contributed by atoms with van der Waals surface area (Å²) in [5, 5.41) is 4.50. The van der Waals surface area contributed by atoms with Crippen molar-refractivity contribution in [1.82, 2.24) is 0 Å². The Hall–Kier alpha value is -3.09. The standard InChI is InChI=1S/C40H51O2P/c1-4-35-36(5-2)40(42)38(37(6-3)39(35)41)30-22-11-9-7-8-10-12-23-31-43(32-24-16-13-17-25-32,33-26-18-14-19-27-33)34-28-20-15-21-29-34/h13-21,24-29,43H,4-12,22-23,30-31H2,1-3H3. The molecule has 2 nitrogen and oxygen atoms in total. The van der Waals surface area contributed by atoms with Crippen molar-refractivity contribution in [2.45, 2.75) is 97.8 Å². The van der Waals surface area contributed by atoms with Gasteiger partial charge in [-0.2, -0.15) is 0 Å². The van der Waals surface area contributed by atoms with E-state index in [4.69, 9.17) is 0 Å². The first-order valence-corrected chi connectivity index (χ1v) is 19.0. The number of rotatable bonds is 17. The van der Waals surface area contributed by atoms with Crippen LogP contribution < -0.4 is 15.9 Å². The summed E-state index contributed by atoms with van der Waals surface area (Å²) in [5.41, 5.74) is 3.10. The first-order valence-electron chi connectivity index (χ1n) is 16.8. The van der Waals surface area contributed by atoms with Crippen molar-refractivity contribution in [3.63, 3.8) is 0 Å². The molecular formula is C40H51O2P. The van der Waals surface area contributed by atoms with Gasteiger partial charge in [-0.25, -0.2) is 0 Å². The molecule has 1 aliphatic carbocycles. The Kier molecular flexibility index (Phi) is 12.7. The monoisotopic (exact) mass is 594 g/mol. The first-order chi connectivity index (χ1) is 21.1. The van der Waals surface area contributed by atoms with E-state index in [0.717, 1.165) is 41.6 Å². The summed E-state index contributed by atoms with van der Waals surface area (Å²) in [5.74, 6) is 0.284. The van der Waals surface area contributed by atoms with E-state index in [1.165, 1.54) is 60.6 Å². The molecule has 0 bridgehead atoms. The van der Waals surface area contributed by atoms with Crippen molar-refractivity contribution >= 4 is 34.7 Å². The van der Waals surface area contributed by atoms with Crippen LogP contribution in [0.1, 0.15) is 97.8 Å². The van der Waals surface area contributed by atoms with Crippen LogP contribution in [0.4, 0.5) is 0 Å². The molecule has 0 aromatic heterocycles. The molecule has 0 aliphatic heterocycles. The fourth-order valence-electron chi connectivity index (χ4n) is 7.15. The van der Waals surface area contributed by atoms with Gasteiger partial charge in [0.2, 0.25) is 0 Å². The fraction of sp³-hybridized carbons (Fsp3) is 0.400. The van der Waals surface area contributed by atoms with E-state index in [1.54, 1.807) is 0 Å². The van der Waals surface area contributed by atoms with Crippen LogP contribution in [0.2, 0.25) is 0 Å². The molecule has 3 aromatic carbocycles. The molecule has 3 heteroatoms. The average molecular weight is 595 g/mol. The van der Waals surface area contributed by atoms with Gasteiger partial charge in [0.1, 0.15) is 0 Å².